The van der Waals surface area contributed by atoms with Crippen LogP contribution in [-0.4, -0.2) is 46.5 Å². The topological polar surface area (TPSA) is 58.4 Å². The molecule has 0 radical (unpaired) electrons. The van der Waals surface area contributed by atoms with Gasteiger partial charge >= 0.3 is 5.69 Å². The van der Waals surface area contributed by atoms with Crippen molar-refractivity contribution in [3.63, 3.8) is 0 Å². The van der Waals surface area contributed by atoms with Crippen molar-refractivity contribution in [3.8, 4) is 0 Å². The van der Waals surface area contributed by atoms with E-state index in [2.05, 4.69) is 4.98 Å². The molecule has 7 heteroatoms. The summed E-state index contributed by atoms with van der Waals surface area (Å²) in [4.78, 5) is 32.1. The number of aryl methyl sites for hydroxylation is 1. The Morgan fingerprint density at radius 3 is 2.56 bits per heavy atom. The van der Waals surface area contributed by atoms with Gasteiger partial charge in [-0.2, -0.15) is 4.98 Å². The van der Waals surface area contributed by atoms with Gasteiger partial charge in [0.25, 0.3) is 0 Å². The van der Waals surface area contributed by atoms with Crippen molar-refractivity contribution in [1.82, 2.24) is 14.5 Å². The Labute approximate surface area is 157 Å². The van der Waals surface area contributed by atoms with E-state index < -0.39 is 0 Å². The number of hydrogen-bond donors (Lipinski definition) is 0. The van der Waals surface area contributed by atoms with E-state index in [9.17, 15) is 14.0 Å². The van der Waals surface area contributed by atoms with Crippen LogP contribution in [0.2, 0.25) is 0 Å². The molecular formula is C20H23FN4O2. The van der Waals surface area contributed by atoms with Crippen LogP contribution >= 0.6 is 0 Å². The zero-order valence-electron chi connectivity index (χ0n) is 15.4. The number of piperazine rings is 1. The largest absolute Gasteiger partial charge is 0.353 e. The predicted octanol–water partition coefficient (Wildman–Crippen LogP) is 1.69. The Morgan fingerprint density at radius 2 is 1.93 bits per heavy atom. The van der Waals surface area contributed by atoms with E-state index in [0.29, 0.717) is 37.9 Å². The Kier molecular flexibility index (Phi) is 4.68. The fourth-order valence-electron chi connectivity index (χ4n) is 3.51. The zero-order chi connectivity index (χ0) is 19.0. The lowest BCUT2D eigenvalue weighted by Gasteiger charge is -2.35. The standard InChI is InChI=1S/C20H23FN4O2/c1-23-7-6-18(22-20(23)27)24-8-10-25(11-9-24)19(26)13-14-2-5-16(15-3-4-15)17(21)12-14/h2,5-7,12,15H,3-4,8-11,13H2,1H3. The zero-order valence-corrected chi connectivity index (χ0v) is 15.4. The third kappa shape index (κ3) is 3.86. The van der Waals surface area contributed by atoms with Crippen LogP contribution in [0.25, 0.3) is 0 Å². The van der Waals surface area contributed by atoms with Gasteiger partial charge in [-0.25, -0.2) is 9.18 Å². The molecule has 2 aromatic rings. The molecule has 2 aliphatic rings. The number of anilines is 1. The number of benzene rings is 1. The Hall–Kier alpha value is -2.70. The van der Waals surface area contributed by atoms with Crippen LogP contribution in [0.4, 0.5) is 10.2 Å². The van der Waals surface area contributed by atoms with Gasteiger partial charge in [-0.05, 0) is 42.0 Å². The lowest BCUT2D eigenvalue weighted by molar-refractivity contribution is -0.130. The second-order valence-electron chi connectivity index (χ2n) is 7.35. The molecule has 2 fully saturated rings. The number of rotatable bonds is 4. The van der Waals surface area contributed by atoms with E-state index in [1.54, 1.807) is 18.1 Å². The van der Waals surface area contributed by atoms with E-state index in [0.717, 1.165) is 24.0 Å². The van der Waals surface area contributed by atoms with Gasteiger partial charge in [-0.15, -0.1) is 0 Å². The van der Waals surface area contributed by atoms with Crippen molar-refractivity contribution >= 4 is 11.7 Å². The normalized spacial score (nSPS) is 17.3. The molecular weight excluding hydrogens is 347 g/mol. The minimum atomic E-state index is -0.289. The molecule has 0 atom stereocenters. The molecule has 1 aliphatic heterocycles. The van der Waals surface area contributed by atoms with E-state index in [1.807, 2.05) is 23.1 Å². The first kappa shape index (κ1) is 17.7. The monoisotopic (exact) mass is 370 g/mol. The first-order valence-corrected chi connectivity index (χ1v) is 9.36. The van der Waals surface area contributed by atoms with E-state index in [-0.39, 0.29) is 23.8 Å². The predicted molar refractivity (Wildman–Crippen MR) is 100 cm³/mol. The molecule has 142 valence electrons. The van der Waals surface area contributed by atoms with Gasteiger partial charge in [-0.1, -0.05) is 12.1 Å². The minimum absolute atomic E-state index is 0.00477. The molecule has 6 nitrogen and oxygen atoms in total. The highest BCUT2D eigenvalue weighted by Gasteiger charge is 2.27. The molecule has 4 rings (SSSR count). The smallest absolute Gasteiger partial charge is 0.349 e. The highest BCUT2D eigenvalue weighted by molar-refractivity contribution is 5.79. The number of carbonyl (C=O) groups is 1. The lowest BCUT2D eigenvalue weighted by atomic mass is 10.0. The molecule has 1 saturated heterocycles. The van der Waals surface area contributed by atoms with E-state index in [1.165, 1.54) is 10.6 Å². The summed E-state index contributed by atoms with van der Waals surface area (Å²) < 4.78 is 15.6. The van der Waals surface area contributed by atoms with Gasteiger partial charge < -0.3 is 14.4 Å². The number of nitrogens with zero attached hydrogens (tertiary/aromatic N) is 4. The summed E-state index contributed by atoms with van der Waals surface area (Å²) in [6.45, 7) is 2.39. The average molecular weight is 370 g/mol. The fourth-order valence-corrected chi connectivity index (χ4v) is 3.51. The number of hydrogen-bond acceptors (Lipinski definition) is 4. The third-order valence-corrected chi connectivity index (χ3v) is 5.35. The molecule has 27 heavy (non-hydrogen) atoms. The number of aromatic nitrogens is 2. The van der Waals surface area contributed by atoms with Crippen LogP contribution in [0, 0.1) is 5.82 Å². The number of carbonyl (C=O) groups excluding carboxylic acids is 1. The van der Waals surface area contributed by atoms with E-state index >= 15 is 0 Å². The maximum atomic E-state index is 14.2. The molecule has 1 aliphatic carbocycles. The van der Waals surface area contributed by atoms with Crippen molar-refractivity contribution in [2.45, 2.75) is 25.2 Å². The molecule has 1 aromatic carbocycles. The van der Waals surface area contributed by atoms with Gasteiger partial charge in [0.1, 0.15) is 11.6 Å². The van der Waals surface area contributed by atoms with Crippen LogP contribution in [0.5, 0.6) is 0 Å². The van der Waals surface area contributed by atoms with Gasteiger partial charge in [0, 0.05) is 39.4 Å². The van der Waals surface area contributed by atoms with Crippen molar-refractivity contribution in [3.05, 3.63) is 57.9 Å². The van der Waals surface area contributed by atoms with Crippen LogP contribution < -0.4 is 10.6 Å². The Bertz CT molecular complexity index is 914. The summed E-state index contributed by atoms with van der Waals surface area (Å²) >= 11 is 0. The molecule has 1 amide bonds. The number of halogens is 1. The highest BCUT2D eigenvalue weighted by Crippen LogP contribution is 2.41. The van der Waals surface area contributed by atoms with Gasteiger partial charge in [0.2, 0.25) is 5.91 Å². The Balaban J connectivity index is 1.35. The van der Waals surface area contributed by atoms with Crippen molar-refractivity contribution in [2.24, 2.45) is 7.05 Å². The van der Waals surface area contributed by atoms with Gasteiger partial charge in [0.15, 0.2) is 0 Å². The molecule has 1 saturated carbocycles. The second kappa shape index (κ2) is 7.13. The van der Waals surface area contributed by atoms with Gasteiger partial charge in [0.05, 0.1) is 6.42 Å². The highest BCUT2D eigenvalue weighted by atomic mass is 19.1. The first-order valence-electron chi connectivity index (χ1n) is 9.36. The van der Waals surface area contributed by atoms with Crippen molar-refractivity contribution in [1.29, 1.82) is 0 Å². The molecule has 0 unspecified atom stereocenters. The Morgan fingerprint density at radius 1 is 1.19 bits per heavy atom. The number of amides is 1. The van der Waals surface area contributed by atoms with Gasteiger partial charge in [-0.3, -0.25) is 4.79 Å². The van der Waals surface area contributed by atoms with Crippen LogP contribution in [0.3, 0.4) is 0 Å². The SMILES string of the molecule is Cn1ccc(N2CCN(C(=O)Cc3ccc(C4CC4)c(F)c3)CC2)nc1=O. The minimum Gasteiger partial charge on any atom is -0.353 e. The summed E-state index contributed by atoms with van der Waals surface area (Å²) in [5.41, 5.74) is 1.21. The molecule has 0 N–H and O–H groups in total. The van der Waals surface area contributed by atoms with Crippen molar-refractivity contribution in [2.75, 3.05) is 31.1 Å². The maximum Gasteiger partial charge on any atom is 0.349 e. The summed E-state index contributed by atoms with van der Waals surface area (Å²) in [6, 6.07) is 7.01. The molecule has 0 spiro atoms. The second-order valence-corrected chi connectivity index (χ2v) is 7.35. The molecule has 0 bridgehead atoms. The third-order valence-electron chi connectivity index (χ3n) is 5.35. The quantitative estimate of drug-likeness (QED) is 0.822. The fraction of sp³-hybridized carbons (Fsp3) is 0.450. The van der Waals surface area contributed by atoms with Crippen LogP contribution in [0.1, 0.15) is 29.9 Å². The lowest BCUT2D eigenvalue weighted by Crippen LogP contribution is -2.49. The summed E-state index contributed by atoms with van der Waals surface area (Å²) in [7, 11) is 1.66. The van der Waals surface area contributed by atoms with Crippen molar-refractivity contribution < 1.29 is 9.18 Å². The van der Waals surface area contributed by atoms with Crippen LogP contribution in [0.15, 0.2) is 35.3 Å². The summed E-state index contributed by atoms with van der Waals surface area (Å²) in [5, 5.41) is 0. The summed E-state index contributed by atoms with van der Waals surface area (Å²) in [6.07, 6.45) is 4.03. The molecule has 1 aromatic heterocycles. The van der Waals surface area contributed by atoms with Crippen LogP contribution in [-0.2, 0) is 18.3 Å². The summed E-state index contributed by atoms with van der Waals surface area (Å²) in [5.74, 6) is 0.823. The van der Waals surface area contributed by atoms with E-state index in [4.69, 9.17) is 0 Å². The average Bonchev–Trinajstić information content (AvgIpc) is 3.49. The first-order chi connectivity index (χ1) is 13.0. The molecule has 2 heterocycles. The maximum absolute atomic E-state index is 14.2.